The molecule has 2 rings (SSSR count). The molecule has 1 saturated heterocycles. The molecule has 0 radical (unpaired) electrons. The number of hydrogen-bond donors (Lipinski definition) is 1. The Morgan fingerprint density at radius 2 is 2.05 bits per heavy atom. The fourth-order valence-corrected chi connectivity index (χ4v) is 3.39. The van der Waals surface area contributed by atoms with Crippen LogP contribution in [0.5, 0.6) is 0 Å². The highest BCUT2D eigenvalue weighted by atomic mass is 16.2. The molecule has 1 unspecified atom stereocenters. The maximum Gasteiger partial charge on any atom is 0.232 e. The predicted octanol–water partition coefficient (Wildman–Crippen LogP) is 2.10. The number of hydrogen-bond acceptors (Lipinski definition) is 3. The summed E-state index contributed by atoms with van der Waals surface area (Å²) in [4.78, 5) is 37.3. The van der Waals surface area contributed by atoms with Crippen LogP contribution in [0, 0.1) is 17.8 Å². The van der Waals surface area contributed by atoms with Gasteiger partial charge in [0.05, 0.1) is 0 Å². The molecular formula is C17H28N2O3. The lowest BCUT2D eigenvalue weighted by molar-refractivity contribution is -0.140. The lowest BCUT2D eigenvalue weighted by atomic mass is 9.81. The second-order valence-corrected chi connectivity index (χ2v) is 6.66. The summed E-state index contributed by atoms with van der Waals surface area (Å²) in [5.74, 6) is 0.261. The summed E-state index contributed by atoms with van der Waals surface area (Å²) in [5, 5.41) is 2.95. The van der Waals surface area contributed by atoms with Gasteiger partial charge < -0.3 is 5.32 Å². The number of rotatable bonds is 6. The molecule has 5 heteroatoms. The first kappa shape index (κ1) is 15.5. The lowest BCUT2D eigenvalue weighted by Crippen LogP contribution is -2.38. The third-order valence-corrected chi connectivity index (χ3v) is 4.85. The Balaban J connectivity index is 1.70. The molecule has 0 aromatic carbocycles. The van der Waals surface area contributed by atoms with Crippen molar-refractivity contribution in [3.8, 4) is 0 Å². The van der Waals surface area contributed by atoms with Gasteiger partial charge in [-0.05, 0) is 38.0 Å². The lowest BCUT2D eigenvalue weighted by Gasteiger charge is -2.30. The number of nitrogens with one attached hydrogen (secondary N) is 1. The van der Waals surface area contributed by atoms with E-state index in [4.69, 9.17) is 1.37 Å². The van der Waals surface area contributed by atoms with E-state index in [9.17, 15) is 14.4 Å². The molecule has 1 saturated carbocycles. The number of unbranched alkanes of at least 4 members (excludes halogenated alkanes) is 1. The van der Waals surface area contributed by atoms with Gasteiger partial charge in [-0.1, -0.05) is 20.2 Å². The second-order valence-electron chi connectivity index (χ2n) is 6.66. The minimum atomic E-state index is -0.173. The van der Waals surface area contributed by atoms with Gasteiger partial charge in [0.2, 0.25) is 17.7 Å². The van der Waals surface area contributed by atoms with Crippen LogP contribution in [0.1, 0.15) is 60.1 Å². The summed E-state index contributed by atoms with van der Waals surface area (Å²) in [6.07, 6.45) is 5.49. The molecule has 2 aliphatic rings. The Bertz CT molecular complexity index is 447. The third kappa shape index (κ3) is 4.08. The summed E-state index contributed by atoms with van der Waals surface area (Å²) in [6, 6.07) is 0. The number of carbonyl (C=O) groups excluding carboxylic acids is 3. The summed E-state index contributed by atoms with van der Waals surface area (Å²) in [6.45, 7) is 3.40. The normalized spacial score (nSPS) is 29.6. The number of nitrogens with zero attached hydrogens (tertiary/aromatic N) is 1. The van der Waals surface area contributed by atoms with Gasteiger partial charge in [-0.15, -0.1) is 0 Å². The minimum absolute atomic E-state index is 0.0377. The third-order valence-electron chi connectivity index (χ3n) is 4.85. The summed E-state index contributed by atoms with van der Waals surface area (Å²) < 4.78 is 7.07. The van der Waals surface area contributed by atoms with Gasteiger partial charge >= 0.3 is 0 Å². The van der Waals surface area contributed by atoms with E-state index < -0.39 is 0 Å². The van der Waals surface area contributed by atoms with Crippen molar-refractivity contribution in [2.24, 2.45) is 17.8 Å². The molecule has 1 aliphatic heterocycles. The highest BCUT2D eigenvalue weighted by Gasteiger charge is 2.37. The molecule has 5 nitrogen and oxygen atoms in total. The summed E-state index contributed by atoms with van der Waals surface area (Å²) in [7, 11) is 0. The van der Waals surface area contributed by atoms with Crippen LogP contribution >= 0.6 is 0 Å². The van der Waals surface area contributed by atoms with Crippen molar-refractivity contribution in [3.05, 3.63) is 0 Å². The van der Waals surface area contributed by atoms with Crippen LogP contribution in [-0.2, 0) is 14.4 Å². The van der Waals surface area contributed by atoms with Crippen LogP contribution in [0.25, 0.3) is 0 Å². The highest BCUT2D eigenvalue weighted by Crippen LogP contribution is 2.31. The quantitative estimate of drug-likeness (QED) is 0.603. The van der Waals surface area contributed by atoms with E-state index in [0.29, 0.717) is 32.3 Å². The molecule has 0 bridgehead atoms. The van der Waals surface area contributed by atoms with Crippen molar-refractivity contribution in [1.29, 1.82) is 0 Å². The van der Waals surface area contributed by atoms with Gasteiger partial charge in [0.25, 0.3) is 0 Å². The largest absolute Gasteiger partial charge is 0.356 e. The van der Waals surface area contributed by atoms with Gasteiger partial charge in [-0.2, -0.15) is 0 Å². The van der Waals surface area contributed by atoms with Crippen molar-refractivity contribution in [2.45, 2.75) is 58.8 Å². The van der Waals surface area contributed by atoms with Gasteiger partial charge in [-0.25, -0.2) is 0 Å². The van der Waals surface area contributed by atoms with Crippen molar-refractivity contribution in [1.82, 2.24) is 10.2 Å². The fourth-order valence-electron chi connectivity index (χ4n) is 3.39. The molecule has 124 valence electrons. The Kier molecular flexibility index (Phi) is 5.46. The van der Waals surface area contributed by atoms with Crippen LogP contribution in [0.3, 0.4) is 0 Å². The first-order chi connectivity index (χ1) is 11.0. The molecule has 2 fully saturated rings. The van der Waals surface area contributed by atoms with Crippen molar-refractivity contribution in [3.63, 3.8) is 0 Å². The maximum atomic E-state index is 12.1. The summed E-state index contributed by atoms with van der Waals surface area (Å²) >= 11 is 0. The Morgan fingerprint density at radius 1 is 1.32 bits per heavy atom. The van der Waals surface area contributed by atoms with E-state index in [2.05, 4.69) is 5.32 Å². The zero-order valence-electron chi connectivity index (χ0n) is 14.5. The second kappa shape index (κ2) is 7.75. The smallest absolute Gasteiger partial charge is 0.232 e. The van der Waals surface area contributed by atoms with Crippen LogP contribution in [0.2, 0.25) is 0 Å². The van der Waals surface area contributed by atoms with Crippen molar-refractivity contribution < 1.29 is 15.8 Å². The highest BCUT2D eigenvalue weighted by molar-refractivity contribution is 6.03. The van der Waals surface area contributed by atoms with Crippen LogP contribution < -0.4 is 5.32 Å². The van der Waals surface area contributed by atoms with Gasteiger partial charge in [0.1, 0.15) is 0 Å². The minimum Gasteiger partial charge on any atom is -0.356 e. The number of carbonyl (C=O) groups is 3. The van der Waals surface area contributed by atoms with E-state index in [-0.39, 0.29) is 29.6 Å². The SMILES string of the molecule is [3H]CCCCNC(=O)C1CCC(CN2C(=O)CC(C)C2=O)CC1. The van der Waals surface area contributed by atoms with Crippen LogP contribution in [-0.4, -0.2) is 35.7 Å². The number of imide groups is 1. The topological polar surface area (TPSA) is 66.5 Å². The standard InChI is InChI=1S/C17H28N2O3/c1-3-4-9-18-16(21)14-7-5-13(6-8-14)11-19-15(20)10-12(2)17(19)22/h12-14H,3-11H2,1-2H3,(H,18,21)/i1T. The molecule has 1 aliphatic carbocycles. The average molecular weight is 310 g/mol. The van der Waals surface area contributed by atoms with Gasteiger partial charge in [0.15, 0.2) is 0 Å². The molecule has 22 heavy (non-hydrogen) atoms. The first-order valence-corrected chi connectivity index (χ1v) is 8.44. The van der Waals surface area contributed by atoms with Crippen LogP contribution in [0.15, 0.2) is 0 Å². The number of likely N-dealkylation sites (tertiary alicyclic amines) is 1. The molecule has 3 amide bonds. The van der Waals surface area contributed by atoms with Crippen molar-refractivity contribution in [2.75, 3.05) is 13.1 Å². The molecule has 1 N–H and O–H groups in total. The monoisotopic (exact) mass is 310 g/mol. The van der Waals surface area contributed by atoms with E-state index in [1.807, 2.05) is 6.92 Å². The van der Waals surface area contributed by atoms with E-state index in [0.717, 1.165) is 38.5 Å². The molecular weight excluding hydrogens is 280 g/mol. The zero-order chi connectivity index (χ0) is 16.8. The first-order valence-electron chi connectivity index (χ1n) is 9.14. The molecule has 1 heterocycles. The van der Waals surface area contributed by atoms with E-state index in [1.54, 1.807) is 0 Å². The molecule has 1 atom stereocenters. The summed E-state index contributed by atoms with van der Waals surface area (Å²) in [5.41, 5.74) is 0. The fraction of sp³-hybridized carbons (Fsp3) is 0.824. The Hall–Kier alpha value is -1.39. The van der Waals surface area contributed by atoms with E-state index in [1.165, 1.54) is 4.90 Å². The molecule has 0 aromatic rings. The van der Waals surface area contributed by atoms with Crippen molar-refractivity contribution >= 4 is 17.7 Å². The zero-order valence-corrected chi connectivity index (χ0v) is 13.5. The Labute approximate surface area is 134 Å². The molecule has 0 spiro atoms. The van der Waals surface area contributed by atoms with Crippen LogP contribution in [0.4, 0.5) is 0 Å². The predicted molar refractivity (Wildman–Crippen MR) is 83.9 cm³/mol. The average Bonchev–Trinajstić information content (AvgIpc) is 2.78. The molecule has 0 aromatic heterocycles. The Morgan fingerprint density at radius 3 is 2.64 bits per heavy atom. The number of amides is 3. The van der Waals surface area contributed by atoms with E-state index >= 15 is 0 Å². The van der Waals surface area contributed by atoms with Gasteiger partial charge in [0, 0.05) is 32.7 Å². The van der Waals surface area contributed by atoms with Gasteiger partial charge in [-0.3, -0.25) is 19.3 Å². The maximum absolute atomic E-state index is 12.1.